The minimum Gasteiger partial charge on any atom is -0.322 e. The van der Waals surface area contributed by atoms with Crippen molar-refractivity contribution in [2.75, 3.05) is 0 Å². The maximum absolute atomic E-state index is 13.6. The van der Waals surface area contributed by atoms with Gasteiger partial charge in [-0.25, -0.2) is 9.37 Å². The second kappa shape index (κ2) is 5.66. The summed E-state index contributed by atoms with van der Waals surface area (Å²) in [6, 6.07) is 4.86. The van der Waals surface area contributed by atoms with Crippen LogP contribution in [0.25, 0.3) is 11.0 Å². The normalized spacial score (nSPS) is 13.0. The molecule has 0 spiro atoms. The lowest BCUT2D eigenvalue weighted by Gasteiger charge is -2.17. The SMILES string of the molecule is CC(Cn1cccn1)n1c(CCl)nc2cc(F)c(Cl)cc21. The molecular weight excluding hydrogens is 314 g/mol. The van der Waals surface area contributed by atoms with E-state index in [0.29, 0.717) is 17.9 Å². The van der Waals surface area contributed by atoms with Gasteiger partial charge in [0.15, 0.2) is 0 Å². The van der Waals surface area contributed by atoms with Gasteiger partial charge in [0.05, 0.1) is 34.5 Å². The van der Waals surface area contributed by atoms with Crippen molar-refractivity contribution in [3.05, 3.63) is 47.3 Å². The molecule has 2 aromatic heterocycles. The first kappa shape index (κ1) is 14.4. The van der Waals surface area contributed by atoms with E-state index in [9.17, 15) is 4.39 Å². The molecule has 2 heterocycles. The molecule has 3 rings (SSSR count). The van der Waals surface area contributed by atoms with E-state index < -0.39 is 5.82 Å². The Kier molecular flexibility index (Phi) is 3.87. The number of halogens is 3. The zero-order valence-corrected chi connectivity index (χ0v) is 12.8. The lowest BCUT2D eigenvalue weighted by Crippen LogP contribution is -2.15. The van der Waals surface area contributed by atoms with Gasteiger partial charge < -0.3 is 4.57 Å². The van der Waals surface area contributed by atoms with Crippen LogP contribution >= 0.6 is 23.2 Å². The van der Waals surface area contributed by atoms with E-state index in [1.54, 1.807) is 12.3 Å². The van der Waals surface area contributed by atoms with Crippen LogP contribution in [0.2, 0.25) is 5.02 Å². The molecule has 0 saturated carbocycles. The molecule has 0 bridgehead atoms. The number of benzene rings is 1. The highest BCUT2D eigenvalue weighted by Gasteiger charge is 2.17. The van der Waals surface area contributed by atoms with Gasteiger partial charge in [-0.15, -0.1) is 11.6 Å². The van der Waals surface area contributed by atoms with Crippen LogP contribution in [0.15, 0.2) is 30.6 Å². The molecule has 110 valence electrons. The number of hydrogen-bond acceptors (Lipinski definition) is 2. The van der Waals surface area contributed by atoms with E-state index in [4.69, 9.17) is 23.2 Å². The summed E-state index contributed by atoms with van der Waals surface area (Å²) in [5, 5.41) is 4.28. The summed E-state index contributed by atoms with van der Waals surface area (Å²) in [6.07, 6.45) is 3.62. The van der Waals surface area contributed by atoms with E-state index in [1.165, 1.54) is 6.07 Å². The van der Waals surface area contributed by atoms with Gasteiger partial charge in [-0.1, -0.05) is 11.6 Å². The van der Waals surface area contributed by atoms with Gasteiger partial charge in [-0.05, 0) is 19.1 Å². The van der Waals surface area contributed by atoms with Crippen LogP contribution in [0.1, 0.15) is 18.8 Å². The van der Waals surface area contributed by atoms with Crippen LogP contribution in [0, 0.1) is 5.82 Å². The second-order valence-electron chi connectivity index (χ2n) is 4.86. The fraction of sp³-hybridized carbons (Fsp3) is 0.286. The van der Waals surface area contributed by atoms with Crippen molar-refractivity contribution in [3.8, 4) is 0 Å². The van der Waals surface area contributed by atoms with Crippen molar-refractivity contribution in [3.63, 3.8) is 0 Å². The minimum atomic E-state index is -0.477. The standard InChI is InChI=1S/C14H13Cl2FN4/c1-9(8-20-4-2-3-18-20)21-13-5-10(16)11(17)6-12(13)19-14(21)7-15/h2-6,9H,7-8H2,1H3. The molecule has 4 nitrogen and oxygen atoms in total. The molecule has 1 atom stereocenters. The van der Waals surface area contributed by atoms with Gasteiger partial charge in [0.1, 0.15) is 11.6 Å². The number of alkyl halides is 1. The van der Waals surface area contributed by atoms with Gasteiger partial charge in [0.25, 0.3) is 0 Å². The van der Waals surface area contributed by atoms with Crippen molar-refractivity contribution in [1.29, 1.82) is 0 Å². The summed E-state index contributed by atoms with van der Waals surface area (Å²) in [4.78, 5) is 4.39. The fourth-order valence-electron chi connectivity index (χ4n) is 2.49. The van der Waals surface area contributed by atoms with Gasteiger partial charge >= 0.3 is 0 Å². The first-order chi connectivity index (χ1) is 10.1. The Morgan fingerprint density at radius 3 is 2.86 bits per heavy atom. The predicted molar refractivity (Wildman–Crippen MR) is 81.2 cm³/mol. The van der Waals surface area contributed by atoms with Crippen molar-refractivity contribution in [1.82, 2.24) is 19.3 Å². The van der Waals surface area contributed by atoms with Crippen molar-refractivity contribution in [2.45, 2.75) is 25.4 Å². The summed E-state index contributed by atoms with van der Waals surface area (Å²) in [5.41, 5.74) is 1.33. The molecule has 0 aliphatic rings. The maximum atomic E-state index is 13.6. The van der Waals surface area contributed by atoms with Crippen LogP contribution < -0.4 is 0 Å². The van der Waals surface area contributed by atoms with Crippen LogP contribution in [0.5, 0.6) is 0 Å². The molecule has 0 amide bonds. The van der Waals surface area contributed by atoms with Crippen molar-refractivity contribution >= 4 is 34.2 Å². The highest BCUT2D eigenvalue weighted by atomic mass is 35.5. The first-order valence-electron chi connectivity index (χ1n) is 6.49. The van der Waals surface area contributed by atoms with Gasteiger partial charge in [0.2, 0.25) is 0 Å². The van der Waals surface area contributed by atoms with Gasteiger partial charge in [0, 0.05) is 18.5 Å². The number of nitrogens with zero attached hydrogens (tertiary/aromatic N) is 4. The Balaban J connectivity index is 2.09. The van der Waals surface area contributed by atoms with Crippen LogP contribution in [0.4, 0.5) is 4.39 Å². The van der Waals surface area contributed by atoms with E-state index >= 15 is 0 Å². The summed E-state index contributed by atoms with van der Waals surface area (Å²) in [5.74, 6) is 0.458. The smallest absolute Gasteiger partial charge is 0.144 e. The Labute approximate surface area is 131 Å². The highest BCUT2D eigenvalue weighted by Crippen LogP contribution is 2.27. The summed E-state index contributed by atoms with van der Waals surface area (Å²) >= 11 is 11.9. The lowest BCUT2D eigenvalue weighted by molar-refractivity contribution is 0.438. The van der Waals surface area contributed by atoms with E-state index in [-0.39, 0.29) is 16.9 Å². The predicted octanol–water partition coefficient (Wildman–Crippen LogP) is 4.03. The molecule has 0 radical (unpaired) electrons. The Bertz CT molecular complexity index is 767. The topological polar surface area (TPSA) is 35.6 Å². The molecule has 7 heteroatoms. The average molecular weight is 327 g/mol. The zero-order chi connectivity index (χ0) is 15.0. The molecule has 0 N–H and O–H groups in total. The first-order valence-corrected chi connectivity index (χ1v) is 7.40. The van der Waals surface area contributed by atoms with Gasteiger partial charge in [-0.2, -0.15) is 5.10 Å². The molecule has 3 aromatic rings. The summed E-state index contributed by atoms with van der Waals surface area (Å²) < 4.78 is 17.4. The van der Waals surface area contributed by atoms with Crippen molar-refractivity contribution < 1.29 is 4.39 Å². The summed E-state index contributed by atoms with van der Waals surface area (Å²) in [6.45, 7) is 2.70. The van der Waals surface area contributed by atoms with Gasteiger partial charge in [-0.3, -0.25) is 4.68 Å². The third-order valence-corrected chi connectivity index (χ3v) is 3.90. The van der Waals surface area contributed by atoms with E-state index in [1.807, 2.05) is 28.4 Å². The van der Waals surface area contributed by atoms with Crippen LogP contribution in [0.3, 0.4) is 0 Å². The molecule has 1 unspecified atom stereocenters. The lowest BCUT2D eigenvalue weighted by atomic mass is 10.2. The molecule has 0 saturated heterocycles. The van der Waals surface area contributed by atoms with E-state index in [2.05, 4.69) is 10.1 Å². The molecule has 21 heavy (non-hydrogen) atoms. The van der Waals surface area contributed by atoms with Crippen LogP contribution in [-0.2, 0) is 12.4 Å². The molecule has 0 aliphatic heterocycles. The number of hydrogen-bond donors (Lipinski definition) is 0. The third kappa shape index (κ3) is 2.63. The third-order valence-electron chi connectivity index (χ3n) is 3.38. The number of imidazole rings is 1. The quantitative estimate of drug-likeness (QED) is 0.679. The molecule has 0 fully saturated rings. The average Bonchev–Trinajstić information content (AvgIpc) is 3.06. The Morgan fingerprint density at radius 1 is 1.38 bits per heavy atom. The largest absolute Gasteiger partial charge is 0.322 e. The second-order valence-corrected chi connectivity index (χ2v) is 5.54. The fourth-order valence-corrected chi connectivity index (χ4v) is 2.83. The monoisotopic (exact) mass is 326 g/mol. The Morgan fingerprint density at radius 2 is 2.19 bits per heavy atom. The zero-order valence-electron chi connectivity index (χ0n) is 11.3. The number of rotatable bonds is 4. The number of aromatic nitrogens is 4. The Hall–Kier alpha value is -1.59. The minimum absolute atomic E-state index is 0.0603. The summed E-state index contributed by atoms with van der Waals surface area (Å²) in [7, 11) is 0. The van der Waals surface area contributed by atoms with E-state index in [0.717, 1.165) is 5.52 Å². The van der Waals surface area contributed by atoms with Crippen LogP contribution in [-0.4, -0.2) is 19.3 Å². The maximum Gasteiger partial charge on any atom is 0.144 e. The molecular formula is C14H13Cl2FN4. The number of fused-ring (bicyclic) bond motifs is 1. The van der Waals surface area contributed by atoms with Crippen molar-refractivity contribution in [2.24, 2.45) is 0 Å². The highest BCUT2D eigenvalue weighted by molar-refractivity contribution is 6.31. The molecule has 1 aromatic carbocycles. The molecule has 0 aliphatic carbocycles.